The second kappa shape index (κ2) is 6.91. The summed E-state index contributed by atoms with van der Waals surface area (Å²) in [6, 6.07) is 9.41. The molecule has 1 heterocycles. The van der Waals surface area contributed by atoms with Crippen molar-refractivity contribution in [2.75, 3.05) is 20.8 Å². The molecule has 0 bridgehead atoms. The van der Waals surface area contributed by atoms with Crippen LogP contribution in [0.3, 0.4) is 0 Å². The minimum Gasteiger partial charge on any atom is -0.497 e. The van der Waals surface area contributed by atoms with Gasteiger partial charge in [0, 0.05) is 5.56 Å². The molecule has 2 amide bonds. The second-order valence-electron chi connectivity index (χ2n) is 5.24. The zero-order chi connectivity index (χ0) is 18.0. The molecule has 1 fully saturated rings. The third kappa shape index (κ3) is 3.06. The van der Waals surface area contributed by atoms with E-state index in [4.69, 9.17) is 15.9 Å². The van der Waals surface area contributed by atoms with Gasteiger partial charge in [-0.05, 0) is 46.8 Å². The van der Waals surface area contributed by atoms with E-state index in [9.17, 15) is 9.59 Å². The molecule has 0 spiro atoms. The summed E-state index contributed by atoms with van der Waals surface area (Å²) in [5.41, 5.74) is 0.713. The van der Waals surface area contributed by atoms with Crippen molar-refractivity contribution in [3.8, 4) is 23.8 Å². The van der Waals surface area contributed by atoms with Crippen molar-refractivity contribution in [2.24, 2.45) is 0 Å². The van der Waals surface area contributed by atoms with Gasteiger partial charge in [-0.3, -0.25) is 14.5 Å². The van der Waals surface area contributed by atoms with E-state index in [2.05, 4.69) is 5.92 Å². The van der Waals surface area contributed by atoms with Crippen LogP contribution in [0.4, 0.5) is 4.79 Å². The first-order valence-corrected chi connectivity index (χ1v) is 8.24. The first kappa shape index (κ1) is 16.9. The summed E-state index contributed by atoms with van der Waals surface area (Å²) in [6.07, 6.45) is 6.89. The molecule has 0 aliphatic carbocycles. The number of imide groups is 1. The molecule has 5 nitrogen and oxygen atoms in total. The molecular formula is C19H15NO4S. The van der Waals surface area contributed by atoms with E-state index < -0.39 is 5.91 Å². The maximum absolute atomic E-state index is 12.4. The van der Waals surface area contributed by atoms with E-state index in [1.165, 1.54) is 0 Å². The van der Waals surface area contributed by atoms with E-state index >= 15 is 0 Å². The molecule has 0 unspecified atom stereocenters. The number of carbonyl (C=O) groups is 2. The van der Waals surface area contributed by atoms with Crippen molar-refractivity contribution < 1.29 is 19.1 Å². The fraction of sp³-hybridized carbons (Fsp3) is 0.158. The Kier molecular flexibility index (Phi) is 4.68. The predicted molar refractivity (Wildman–Crippen MR) is 98.6 cm³/mol. The molecule has 0 aromatic heterocycles. The van der Waals surface area contributed by atoms with E-state index in [1.807, 2.05) is 30.3 Å². The van der Waals surface area contributed by atoms with Crippen LogP contribution in [0.25, 0.3) is 16.8 Å². The SMILES string of the molecule is C#CCN1C(=O)S/C(=C/c2c(OC)ccc3ccc(OC)cc23)C1=O. The lowest BCUT2D eigenvalue weighted by atomic mass is 10.0. The van der Waals surface area contributed by atoms with Crippen LogP contribution in [0.5, 0.6) is 11.5 Å². The van der Waals surface area contributed by atoms with Gasteiger partial charge in [-0.25, -0.2) is 0 Å². The van der Waals surface area contributed by atoms with Crippen molar-refractivity contribution >= 4 is 39.8 Å². The quantitative estimate of drug-likeness (QED) is 0.622. The fourth-order valence-electron chi connectivity index (χ4n) is 2.61. The number of rotatable bonds is 4. The Balaban J connectivity index is 2.16. The zero-order valence-electron chi connectivity index (χ0n) is 13.7. The van der Waals surface area contributed by atoms with E-state index in [0.717, 1.165) is 27.4 Å². The average molecular weight is 353 g/mol. The standard InChI is InChI=1S/C19H15NO4S/c1-4-9-20-18(21)17(25-19(20)22)11-15-14-10-13(23-2)7-5-12(14)6-8-16(15)24-3/h1,5-8,10-11H,9H2,2-3H3/b17-11+. The molecule has 126 valence electrons. The highest BCUT2D eigenvalue weighted by Crippen LogP contribution is 2.37. The summed E-state index contributed by atoms with van der Waals surface area (Å²) >= 11 is 0.870. The summed E-state index contributed by atoms with van der Waals surface area (Å²) in [5, 5.41) is 1.46. The Morgan fingerprint density at radius 1 is 1.20 bits per heavy atom. The van der Waals surface area contributed by atoms with Crippen LogP contribution in [0.1, 0.15) is 5.56 Å². The number of amides is 2. The second-order valence-corrected chi connectivity index (χ2v) is 6.23. The highest BCUT2D eigenvalue weighted by molar-refractivity contribution is 8.18. The monoisotopic (exact) mass is 353 g/mol. The third-order valence-electron chi connectivity index (χ3n) is 3.85. The molecule has 2 aromatic carbocycles. The molecule has 0 saturated carbocycles. The Morgan fingerprint density at radius 2 is 1.96 bits per heavy atom. The van der Waals surface area contributed by atoms with Gasteiger partial charge in [0.15, 0.2) is 0 Å². The maximum Gasteiger partial charge on any atom is 0.294 e. The van der Waals surface area contributed by atoms with Crippen molar-refractivity contribution in [1.29, 1.82) is 0 Å². The normalized spacial score (nSPS) is 15.7. The van der Waals surface area contributed by atoms with Crippen molar-refractivity contribution in [1.82, 2.24) is 4.90 Å². The van der Waals surface area contributed by atoms with Crippen LogP contribution in [0, 0.1) is 12.3 Å². The maximum atomic E-state index is 12.4. The number of ether oxygens (including phenoxy) is 2. The minimum atomic E-state index is -0.394. The Bertz CT molecular complexity index is 937. The van der Waals surface area contributed by atoms with E-state index in [-0.39, 0.29) is 11.8 Å². The fourth-order valence-corrected chi connectivity index (χ4v) is 3.43. The molecule has 25 heavy (non-hydrogen) atoms. The first-order chi connectivity index (χ1) is 12.1. The Labute approximate surface area is 149 Å². The van der Waals surface area contributed by atoms with Crippen LogP contribution in [-0.4, -0.2) is 36.8 Å². The summed E-state index contributed by atoms with van der Waals surface area (Å²) < 4.78 is 10.7. The zero-order valence-corrected chi connectivity index (χ0v) is 14.6. The molecule has 2 aromatic rings. The lowest BCUT2D eigenvalue weighted by Crippen LogP contribution is -2.28. The van der Waals surface area contributed by atoms with Crippen molar-refractivity contribution in [2.45, 2.75) is 0 Å². The number of carbonyl (C=O) groups excluding carboxylic acids is 2. The van der Waals surface area contributed by atoms with E-state index in [0.29, 0.717) is 22.0 Å². The van der Waals surface area contributed by atoms with Crippen LogP contribution in [0.15, 0.2) is 35.2 Å². The number of nitrogens with zero attached hydrogens (tertiary/aromatic N) is 1. The van der Waals surface area contributed by atoms with Crippen LogP contribution >= 0.6 is 11.8 Å². The van der Waals surface area contributed by atoms with E-state index in [1.54, 1.807) is 20.3 Å². The molecule has 0 atom stereocenters. The molecule has 0 radical (unpaired) electrons. The first-order valence-electron chi connectivity index (χ1n) is 7.42. The Morgan fingerprint density at radius 3 is 2.64 bits per heavy atom. The number of hydrogen-bond donors (Lipinski definition) is 0. The highest BCUT2D eigenvalue weighted by atomic mass is 32.2. The Hall–Kier alpha value is -2.91. The summed E-state index contributed by atoms with van der Waals surface area (Å²) in [6.45, 7) is -0.0392. The molecule has 1 aliphatic rings. The van der Waals surface area contributed by atoms with Gasteiger partial charge in [0.1, 0.15) is 11.5 Å². The highest BCUT2D eigenvalue weighted by Gasteiger charge is 2.34. The van der Waals surface area contributed by atoms with Crippen molar-refractivity contribution in [3.05, 3.63) is 40.8 Å². The number of benzene rings is 2. The number of terminal acetylenes is 1. The summed E-state index contributed by atoms with van der Waals surface area (Å²) in [7, 11) is 3.15. The van der Waals surface area contributed by atoms with Crippen LogP contribution in [-0.2, 0) is 4.79 Å². The van der Waals surface area contributed by atoms with Gasteiger partial charge in [0.2, 0.25) is 0 Å². The topological polar surface area (TPSA) is 55.8 Å². The smallest absolute Gasteiger partial charge is 0.294 e. The molecule has 3 rings (SSSR count). The minimum absolute atomic E-state index is 0.0392. The molecule has 0 N–H and O–H groups in total. The number of hydrogen-bond acceptors (Lipinski definition) is 5. The average Bonchev–Trinajstić information content (AvgIpc) is 2.89. The van der Waals surface area contributed by atoms with Gasteiger partial charge in [0.05, 0.1) is 25.7 Å². The lowest BCUT2D eigenvalue weighted by Gasteiger charge is -2.11. The largest absolute Gasteiger partial charge is 0.497 e. The van der Waals surface area contributed by atoms with Gasteiger partial charge < -0.3 is 9.47 Å². The van der Waals surface area contributed by atoms with Gasteiger partial charge in [-0.15, -0.1) is 6.42 Å². The van der Waals surface area contributed by atoms with Gasteiger partial charge in [0.25, 0.3) is 11.1 Å². The number of methoxy groups -OCH3 is 2. The van der Waals surface area contributed by atoms with Gasteiger partial charge in [-0.1, -0.05) is 18.1 Å². The molecule has 1 aliphatic heterocycles. The van der Waals surface area contributed by atoms with Crippen LogP contribution < -0.4 is 9.47 Å². The predicted octanol–water partition coefficient (Wildman–Crippen LogP) is 3.53. The molecule has 6 heteroatoms. The summed E-state index contributed by atoms with van der Waals surface area (Å²) in [5.74, 6) is 3.22. The van der Waals surface area contributed by atoms with Crippen molar-refractivity contribution in [3.63, 3.8) is 0 Å². The van der Waals surface area contributed by atoms with Gasteiger partial charge >= 0.3 is 0 Å². The molecular weight excluding hydrogens is 338 g/mol. The van der Waals surface area contributed by atoms with Gasteiger partial charge in [-0.2, -0.15) is 0 Å². The molecule has 1 saturated heterocycles. The summed E-state index contributed by atoms with van der Waals surface area (Å²) in [4.78, 5) is 25.8. The third-order valence-corrected chi connectivity index (χ3v) is 4.76. The van der Waals surface area contributed by atoms with Crippen LogP contribution in [0.2, 0.25) is 0 Å². The number of fused-ring (bicyclic) bond motifs is 1. The number of thioether (sulfide) groups is 1. The lowest BCUT2D eigenvalue weighted by molar-refractivity contribution is -0.122.